The molecule has 5 nitrogen and oxygen atoms in total. The fourth-order valence-electron chi connectivity index (χ4n) is 3.62. The average Bonchev–Trinajstić information content (AvgIpc) is 2.86. The van der Waals surface area contributed by atoms with Gasteiger partial charge in [0.1, 0.15) is 5.25 Å². The van der Waals surface area contributed by atoms with E-state index in [2.05, 4.69) is 22.0 Å². The van der Waals surface area contributed by atoms with E-state index in [4.69, 9.17) is 0 Å². The first-order chi connectivity index (χ1) is 17.0. The summed E-state index contributed by atoms with van der Waals surface area (Å²) in [6.45, 7) is 4.03. The third-order valence-electron chi connectivity index (χ3n) is 5.38. The normalized spacial score (nSPS) is 11.4. The zero-order chi connectivity index (χ0) is 24.6. The number of anilines is 3. The lowest BCUT2D eigenvalue weighted by molar-refractivity contribution is -0.115. The molecule has 0 aliphatic rings. The minimum Gasteiger partial charge on any atom is -0.325 e. The van der Waals surface area contributed by atoms with Gasteiger partial charge in [-0.15, -0.1) is 11.8 Å². The van der Waals surface area contributed by atoms with E-state index in [-0.39, 0.29) is 11.9 Å². The molecule has 3 amide bonds. The number of carbonyl (C=O) groups excluding carboxylic acids is 2. The fourth-order valence-corrected chi connectivity index (χ4v) is 4.65. The summed E-state index contributed by atoms with van der Waals surface area (Å²) in [5, 5.41) is 8.29. The predicted molar refractivity (Wildman–Crippen MR) is 145 cm³/mol. The first-order valence-electron chi connectivity index (χ1n) is 11.3. The van der Waals surface area contributed by atoms with Gasteiger partial charge >= 0.3 is 6.03 Å². The molecule has 35 heavy (non-hydrogen) atoms. The molecule has 176 valence electrons. The van der Waals surface area contributed by atoms with E-state index in [1.165, 1.54) is 11.8 Å². The SMILES string of the molecule is Cc1ccc(NC(=O)C(Sc2ccc(NC(=O)Nc3ccccc3)cc2)c2ccccc2)c(C)c1. The molecular weight excluding hydrogens is 454 g/mol. The van der Waals surface area contributed by atoms with E-state index in [0.717, 1.165) is 33.0 Å². The smallest absolute Gasteiger partial charge is 0.323 e. The van der Waals surface area contributed by atoms with E-state index in [1.807, 2.05) is 111 Å². The van der Waals surface area contributed by atoms with Crippen molar-refractivity contribution in [3.05, 3.63) is 120 Å². The summed E-state index contributed by atoms with van der Waals surface area (Å²) in [5.41, 5.74) is 5.30. The van der Waals surface area contributed by atoms with Crippen LogP contribution >= 0.6 is 11.8 Å². The Morgan fingerprint density at radius 3 is 1.91 bits per heavy atom. The lowest BCUT2D eigenvalue weighted by Crippen LogP contribution is -2.20. The topological polar surface area (TPSA) is 70.2 Å². The van der Waals surface area contributed by atoms with Gasteiger partial charge in [0.25, 0.3) is 0 Å². The van der Waals surface area contributed by atoms with E-state index in [9.17, 15) is 9.59 Å². The summed E-state index contributed by atoms with van der Waals surface area (Å²) in [4.78, 5) is 26.5. The van der Waals surface area contributed by atoms with Gasteiger partial charge in [-0.2, -0.15) is 0 Å². The first kappa shape index (κ1) is 24.1. The van der Waals surface area contributed by atoms with Gasteiger partial charge < -0.3 is 16.0 Å². The van der Waals surface area contributed by atoms with Gasteiger partial charge in [-0.25, -0.2) is 4.79 Å². The Labute approximate surface area is 210 Å². The van der Waals surface area contributed by atoms with Crippen molar-refractivity contribution in [3.63, 3.8) is 0 Å². The van der Waals surface area contributed by atoms with Gasteiger partial charge in [0.15, 0.2) is 0 Å². The van der Waals surface area contributed by atoms with Crippen LogP contribution in [0.4, 0.5) is 21.9 Å². The van der Waals surface area contributed by atoms with Crippen LogP contribution in [0.1, 0.15) is 21.9 Å². The zero-order valence-electron chi connectivity index (χ0n) is 19.6. The van der Waals surface area contributed by atoms with Crippen LogP contribution in [0.3, 0.4) is 0 Å². The molecule has 0 saturated heterocycles. The van der Waals surface area contributed by atoms with Gasteiger partial charge in [0.2, 0.25) is 5.91 Å². The predicted octanol–water partition coefficient (Wildman–Crippen LogP) is 7.42. The quantitative estimate of drug-likeness (QED) is 0.241. The number of para-hydroxylation sites is 1. The van der Waals surface area contributed by atoms with Crippen LogP contribution in [0.15, 0.2) is 108 Å². The van der Waals surface area contributed by atoms with E-state index < -0.39 is 5.25 Å². The number of carbonyl (C=O) groups is 2. The highest BCUT2D eigenvalue weighted by molar-refractivity contribution is 8.00. The average molecular weight is 482 g/mol. The lowest BCUT2D eigenvalue weighted by atomic mass is 10.1. The molecule has 1 unspecified atom stereocenters. The molecule has 0 spiro atoms. The first-order valence-corrected chi connectivity index (χ1v) is 12.2. The summed E-state index contributed by atoms with van der Waals surface area (Å²) < 4.78 is 0. The van der Waals surface area contributed by atoms with Crippen LogP contribution in [-0.2, 0) is 4.79 Å². The van der Waals surface area contributed by atoms with Gasteiger partial charge in [-0.3, -0.25) is 4.79 Å². The van der Waals surface area contributed by atoms with Crippen LogP contribution in [-0.4, -0.2) is 11.9 Å². The number of thioether (sulfide) groups is 1. The minimum atomic E-state index is -0.433. The molecule has 0 saturated carbocycles. The molecular formula is C29H27N3O2S. The Kier molecular flexibility index (Phi) is 7.85. The van der Waals surface area contributed by atoms with Crippen molar-refractivity contribution in [2.24, 2.45) is 0 Å². The standard InChI is InChI=1S/C29H27N3O2S/c1-20-13-18-26(21(2)19-20)32-28(33)27(22-9-5-3-6-10-22)35-25-16-14-24(15-17-25)31-29(34)30-23-11-7-4-8-12-23/h3-19,27H,1-2H3,(H,32,33)(H2,30,31,34). The monoisotopic (exact) mass is 481 g/mol. The molecule has 6 heteroatoms. The number of nitrogens with one attached hydrogen (secondary N) is 3. The van der Waals surface area contributed by atoms with E-state index in [0.29, 0.717) is 5.69 Å². The highest BCUT2D eigenvalue weighted by atomic mass is 32.2. The largest absolute Gasteiger partial charge is 0.325 e. The van der Waals surface area contributed by atoms with Crippen LogP contribution in [0, 0.1) is 13.8 Å². The molecule has 4 aromatic carbocycles. The third kappa shape index (κ3) is 6.74. The van der Waals surface area contributed by atoms with Gasteiger partial charge in [0.05, 0.1) is 0 Å². The summed E-state index contributed by atoms with van der Waals surface area (Å²) in [6, 6.07) is 32.2. The number of hydrogen-bond donors (Lipinski definition) is 3. The second-order valence-corrected chi connectivity index (χ2v) is 9.36. The maximum atomic E-state index is 13.3. The summed E-state index contributed by atoms with van der Waals surface area (Å²) in [7, 11) is 0. The highest BCUT2D eigenvalue weighted by Gasteiger charge is 2.22. The Bertz CT molecular complexity index is 1290. The van der Waals surface area contributed by atoms with Crippen molar-refractivity contribution >= 4 is 40.8 Å². The number of aryl methyl sites for hydroxylation is 2. The highest BCUT2D eigenvalue weighted by Crippen LogP contribution is 2.37. The lowest BCUT2D eigenvalue weighted by Gasteiger charge is -2.18. The zero-order valence-corrected chi connectivity index (χ0v) is 20.4. The summed E-state index contributed by atoms with van der Waals surface area (Å²) in [5.74, 6) is -0.0856. The molecule has 0 bridgehead atoms. The van der Waals surface area contributed by atoms with Crippen molar-refractivity contribution < 1.29 is 9.59 Å². The summed E-state index contributed by atoms with van der Waals surface area (Å²) in [6.07, 6.45) is 0. The van der Waals surface area contributed by atoms with Crippen molar-refractivity contribution in [1.82, 2.24) is 0 Å². The van der Waals surface area contributed by atoms with Crippen LogP contribution in [0.2, 0.25) is 0 Å². The molecule has 0 fully saturated rings. The number of urea groups is 1. The summed E-state index contributed by atoms with van der Waals surface area (Å²) >= 11 is 1.47. The Morgan fingerprint density at radius 1 is 0.686 bits per heavy atom. The molecule has 0 heterocycles. The molecule has 1 atom stereocenters. The second-order valence-electron chi connectivity index (χ2n) is 8.19. The number of hydrogen-bond acceptors (Lipinski definition) is 3. The van der Waals surface area contributed by atoms with E-state index in [1.54, 1.807) is 0 Å². The van der Waals surface area contributed by atoms with Gasteiger partial charge in [0, 0.05) is 22.0 Å². The van der Waals surface area contributed by atoms with Gasteiger partial charge in [-0.05, 0) is 67.4 Å². The van der Waals surface area contributed by atoms with Crippen molar-refractivity contribution in [2.45, 2.75) is 24.0 Å². The minimum absolute atomic E-state index is 0.0856. The fraction of sp³-hybridized carbons (Fsp3) is 0.103. The second kappa shape index (κ2) is 11.4. The number of rotatable bonds is 7. The van der Waals surface area contributed by atoms with Crippen LogP contribution in [0.5, 0.6) is 0 Å². The van der Waals surface area contributed by atoms with E-state index >= 15 is 0 Å². The van der Waals surface area contributed by atoms with Gasteiger partial charge in [-0.1, -0.05) is 66.2 Å². The maximum Gasteiger partial charge on any atom is 0.323 e. The molecule has 0 aliphatic heterocycles. The number of benzene rings is 4. The van der Waals surface area contributed by atoms with Crippen molar-refractivity contribution in [1.29, 1.82) is 0 Å². The molecule has 0 aliphatic carbocycles. The Balaban J connectivity index is 1.46. The molecule has 0 aromatic heterocycles. The Morgan fingerprint density at radius 2 is 1.29 bits per heavy atom. The van der Waals surface area contributed by atoms with Crippen LogP contribution < -0.4 is 16.0 Å². The molecule has 3 N–H and O–H groups in total. The molecule has 4 rings (SSSR count). The maximum absolute atomic E-state index is 13.3. The van der Waals surface area contributed by atoms with Crippen molar-refractivity contribution in [3.8, 4) is 0 Å². The Hall–Kier alpha value is -4.03. The van der Waals surface area contributed by atoms with Crippen molar-refractivity contribution in [2.75, 3.05) is 16.0 Å². The third-order valence-corrected chi connectivity index (χ3v) is 6.64. The number of amides is 3. The van der Waals surface area contributed by atoms with Crippen LogP contribution in [0.25, 0.3) is 0 Å². The molecule has 0 radical (unpaired) electrons. The molecule has 4 aromatic rings.